The van der Waals surface area contributed by atoms with Crippen LogP contribution in [0.1, 0.15) is 10.4 Å². The summed E-state index contributed by atoms with van der Waals surface area (Å²) in [6.45, 7) is -0.00438. The van der Waals surface area contributed by atoms with Crippen molar-refractivity contribution in [3.63, 3.8) is 0 Å². The van der Waals surface area contributed by atoms with Crippen LogP contribution in [0.2, 0.25) is 5.02 Å². The van der Waals surface area contributed by atoms with Crippen molar-refractivity contribution in [3.8, 4) is 5.75 Å². The molecule has 29 heavy (non-hydrogen) atoms. The molecule has 2 aromatic carbocycles. The number of nitrogens with zero attached hydrogens (tertiary/aromatic N) is 2. The number of nitrogens with one attached hydrogen (secondary N) is 2. The first kappa shape index (κ1) is 21.1. The molecule has 152 valence electrons. The van der Waals surface area contributed by atoms with Gasteiger partial charge in [-0.25, -0.2) is 17.5 Å². The van der Waals surface area contributed by atoms with Gasteiger partial charge in [0.05, 0.1) is 0 Å². The summed E-state index contributed by atoms with van der Waals surface area (Å²) in [5.41, 5.74) is 0.338. The fourth-order valence-electron chi connectivity index (χ4n) is 2.08. The van der Waals surface area contributed by atoms with Crippen molar-refractivity contribution in [1.29, 1.82) is 0 Å². The zero-order valence-electron chi connectivity index (χ0n) is 14.6. The molecule has 0 radical (unpaired) electrons. The van der Waals surface area contributed by atoms with E-state index in [-0.39, 0.29) is 22.6 Å². The molecule has 0 fully saturated rings. The average Bonchev–Trinajstić information content (AvgIpc) is 3.16. The summed E-state index contributed by atoms with van der Waals surface area (Å²) in [6, 6.07) is 11.5. The number of aromatic nitrogens is 2. The maximum atomic E-state index is 12.8. The predicted molar refractivity (Wildman–Crippen MR) is 106 cm³/mol. The van der Waals surface area contributed by atoms with Gasteiger partial charge in [0.25, 0.3) is 15.9 Å². The lowest BCUT2D eigenvalue weighted by molar-refractivity contribution is 0.102. The van der Waals surface area contributed by atoms with Crippen molar-refractivity contribution in [2.75, 3.05) is 18.5 Å². The normalized spacial score (nSPS) is 11.2. The SMILES string of the molecule is O=C(Nc1nnc(S(=O)(=O)NCCOc2ccc(F)cc2)s1)c1ccc(Cl)cc1. The number of carbonyl (C=O) groups excluding carboxylic acids is 1. The summed E-state index contributed by atoms with van der Waals surface area (Å²) in [6.07, 6.45) is 0. The number of ether oxygens (including phenoxy) is 1. The Morgan fingerprint density at radius 3 is 2.48 bits per heavy atom. The van der Waals surface area contributed by atoms with Crippen LogP contribution in [-0.2, 0) is 10.0 Å². The van der Waals surface area contributed by atoms with Crippen LogP contribution in [0.5, 0.6) is 5.75 Å². The number of sulfonamides is 1. The van der Waals surface area contributed by atoms with E-state index in [1.807, 2.05) is 0 Å². The highest BCUT2D eigenvalue weighted by Gasteiger charge is 2.20. The summed E-state index contributed by atoms with van der Waals surface area (Å²) in [5, 5.41) is 10.3. The lowest BCUT2D eigenvalue weighted by Gasteiger charge is -2.06. The van der Waals surface area contributed by atoms with Crippen LogP contribution in [0.15, 0.2) is 52.9 Å². The molecule has 0 unspecified atom stereocenters. The number of benzene rings is 2. The highest BCUT2D eigenvalue weighted by Crippen LogP contribution is 2.20. The maximum absolute atomic E-state index is 12.8. The molecule has 0 aliphatic carbocycles. The quantitative estimate of drug-likeness (QED) is 0.398. The van der Waals surface area contributed by atoms with Gasteiger partial charge >= 0.3 is 0 Å². The van der Waals surface area contributed by atoms with E-state index >= 15 is 0 Å². The Morgan fingerprint density at radius 2 is 1.79 bits per heavy atom. The molecule has 1 amide bonds. The molecule has 2 N–H and O–H groups in total. The molecule has 3 rings (SSSR count). The molecule has 1 aromatic heterocycles. The zero-order valence-corrected chi connectivity index (χ0v) is 17.0. The zero-order chi connectivity index (χ0) is 20.9. The number of anilines is 1. The average molecular weight is 457 g/mol. The number of amides is 1. The summed E-state index contributed by atoms with van der Waals surface area (Å²) >= 11 is 6.48. The van der Waals surface area contributed by atoms with Gasteiger partial charge in [-0.3, -0.25) is 10.1 Å². The molecule has 0 atom stereocenters. The minimum absolute atomic E-state index is 0.0316. The highest BCUT2D eigenvalue weighted by molar-refractivity contribution is 7.91. The fourth-order valence-corrected chi connectivity index (χ4v) is 4.15. The van der Waals surface area contributed by atoms with E-state index in [1.54, 1.807) is 12.1 Å². The van der Waals surface area contributed by atoms with E-state index in [2.05, 4.69) is 20.2 Å². The van der Waals surface area contributed by atoms with Gasteiger partial charge in [0.2, 0.25) is 9.47 Å². The lowest BCUT2D eigenvalue weighted by atomic mass is 10.2. The third kappa shape index (κ3) is 5.94. The lowest BCUT2D eigenvalue weighted by Crippen LogP contribution is -2.28. The van der Waals surface area contributed by atoms with Gasteiger partial charge < -0.3 is 4.74 Å². The van der Waals surface area contributed by atoms with Crippen LogP contribution in [0.4, 0.5) is 9.52 Å². The summed E-state index contributed by atoms with van der Waals surface area (Å²) in [5.74, 6) is -0.454. The van der Waals surface area contributed by atoms with Gasteiger partial charge in [-0.05, 0) is 48.5 Å². The standard InChI is InChI=1S/C17H14ClFN4O4S2/c18-12-3-1-11(2-4-12)15(24)21-16-22-23-17(28-16)29(25,26)20-9-10-27-14-7-5-13(19)6-8-14/h1-8,20H,9-10H2,(H,21,22,24). The molecule has 1 heterocycles. The molecular formula is C17H14ClFN4O4S2. The monoisotopic (exact) mass is 456 g/mol. The number of rotatable bonds is 8. The molecule has 3 aromatic rings. The van der Waals surface area contributed by atoms with Crippen LogP contribution in [0.25, 0.3) is 0 Å². The third-order valence-corrected chi connectivity index (χ3v) is 6.36. The van der Waals surface area contributed by atoms with Crippen molar-refractivity contribution in [2.45, 2.75) is 4.34 Å². The van der Waals surface area contributed by atoms with E-state index in [9.17, 15) is 17.6 Å². The molecule has 0 aliphatic rings. The number of hydrogen-bond acceptors (Lipinski definition) is 7. The van der Waals surface area contributed by atoms with E-state index in [0.717, 1.165) is 0 Å². The maximum Gasteiger partial charge on any atom is 0.269 e. The number of hydrogen-bond donors (Lipinski definition) is 2. The Morgan fingerprint density at radius 1 is 1.10 bits per heavy atom. The summed E-state index contributed by atoms with van der Waals surface area (Å²) < 4.78 is 44.7. The Kier molecular flexibility index (Phi) is 6.75. The van der Waals surface area contributed by atoms with Crippen LogP contribution >= 0.6 is 22.9 Å². The first-order valence-corrected chi connectivity index (χ1v) is 10.8. The molecule has 0 saturated heterocycles. The largest absolute Gasteiger partial charge is 0.492 e. The summed E-state index contributed by atoms with van der Waals surface area (Å²) in [4.78, 5) is 12.1. The van der Waals surface area contributed by atoms with Crippen molar-refractivity contribution >= 4 is 44.0 Å². The minimum atomic E-state index is -3.92. The van der Waals surface area contributed by atoms with Gasteiger partial charge in [-0.15, -0.1) is 10.2 Å². The topological polar surface area (TPSA) is 110 Å². The molecule has 0 bridgehead atoms. The van der Waals surface area contributed by atoms with Crippen molar-refractivity contribution < 1.29 is 22.3 Å². The van der Waals surface area contributed by atoms with E-state index in [0.29, 0.717) is 27.7 Å². The first-order chi connectivity index (χ1) is 13.8. The third-order valence-electron chi connectivity index (χ3n) is 3.44. The molecule has 8 nitrogen and oxygen atoms in total. The van der Waals surface area contributed by atoms with E-state index < -0.39 is 21.7 Å². The van der Waals surface area contributed by atoms with Crippen LogP contribution in [0, 0.1) is 5.82 Å². The fraction of sp³-hybridized carbons (Fsp3) is 0.118. The Labute approximate surface area is 174 Å². The Balaban J connectivity index is 1.53. The predicted octanol–water partition coefficient (Wildman–Crippen LogP) is 2.94. The van der Waals surface area contributed by atoms with Crippen LogP contribution in [-0.4, -0.2) is 37.7 Å². The summed E-state index contributed by atoms with van der Waals surface area (Å²) in [7, 11) is -3.92. The Hall–Kier alpha value is -2.60. The van der Waals surface area contributed by atoms with Crippen molar-refractivity contribution in [1.82, 2.24) is 14.9 Å². The van der Waals surface area contributed by atoms with Gasteiger partial charge in [0.1, 0.15) is 18.2 Å². The van der Waals surface area contributed by atoms with Gasteiger partial charge in [0, 0.05) is 17.1 Å². The van der Waals surface area contributed by atoms with E-state index in [4.69, 9.17) is 16.3 Å². The number of carbonyl (C=O) groups is 1. The Bertz CT molecular complexity index is 1090. The smallest absolute Gasteiger partial charge is 0.269 e. The second-order valence-electron chi connectivity index (χ2n) is 5.53. The number of halogens is 2. The van der Waals surface area contributed by atoms with Crippen molar-refractivity contribution in [3.05, 3.63) is 64.9 Å². The van der Waals surface area contributed by atoms with Gasteiger partial charge in [0.15, 0.2) is 0 Å². The molecule has 0 saturated carbocycles. The van der Waals surface area contributed by atoms with Crippen LogP contribution < -0.4 is 14.8 Å². The molecule has 0 aliphatic heterocycles. The van der Waals surface area contributed by atoms with Crippen molar-refractivity contribution in [2.24, 2.45) is 0 Å². The van der Waals surface area contributed by atoms with E-state index in [1.165, 1.54) is 36.4 Å². The molecule has 12 heteroatoms. The first-order valence-electron chi connectivity index (χ1n) is 8.12. The second-order valence-corrected chi connectivity index (χ2v) is 8.89. The van der Waals surface area contributed by atoms with Crippen LogP contribution in [0.3, 0.4) is 0 Å². The molecule has 0 spiro atoms. The molecular weight excluding hydrogens is 443 g/mol. The van der Waals surface area contributed by atoms with Gasteiger partial charge in [-0.2, -0.15) is 0 Å². The van der Waals surface area contributed by atoms with Gasteiger partial charge in [-0.1, -0.05) is 22.9 Å². The highest BCUT2D eigenvalue weighted by atomic mass is 35.5. The minimum Gasteiger partial charge on any atom is -0.492 e. The second kappa shape index (κ2) is 9.27.